The van der Waals surface area contributed by atoms with Crippen LogP contribution in [0, 0.1) is 171 Å². The number of aryl methyl sites for hydroxylation is 2. The number of nitrogen functional groups attached to an aromatic ring is 1. The Morgan fingerprint density at radius 1 is 0.788 bits per heavy atom. The third kappa shape index (κ3) is 23.4. The summed E-state index contributed by atoms with van der Waals surface area (Å²) in [6.07, 6.45) is 15.7. The van der Waals surface area contributed by atoms with E-state index in [1.165, 1.54) is 11.1 Å². The van der Waals surface area contributed by atoms with E-state index in [9.17, 15) is 19.7 Å². The number of aromatic nitrogens is 1. The third-order valence-corrected chi connectivity index (χ3v) is 8.25. The number of ketones is 1. The number of anilines is 1. The molecule has 66 heavy (non-hydrogen) atoms. The van der Waals surface area contributed by atoms with E-state index >= 15 is 0 Å². The van der Waals surface area contributed by atoms with Crippen LogP contribution in [-0.2, 0) is 22.4 Å². The average molecular weight is 892 g/mol. The maximum Gasteiger partial charge on any atom is 0.239 e. The summed E-state index contributed by atoms with van der Waals surface area (Å²) in [7, 11) is 0. The summed E-state index contributed by atoms with van der Waals surface area (Å²) in [5, 5.41) is 15.5. The molecule has 3 aromatic rings. The van der Waals surface area contributed by atoms with Gasteiger partial charge in [-0.15, -0.1) is 12.8 Å². The summed E-state index contributed by atoms with van der Waals surface area (Å²) in [5.41, 5.74) is 15.8. The first-order valence-electron chi connectivity index (χ1n) is 19.3. The number of fused-ring (bicyclic) bond motifs is 1. The van der Waals surface area contributed by atoms with E-state index in [4.69, 9.17) is 24.3 Å². The van der Waals surface area contributed by atoms with Crippen LogP contribution in [0.3, 0.4) is 0 Å². The van der Waals surface area contributed by atoms with Crippen LogP contribution in [0.25, 0.3) is 10.8 Å². The van der Waals surface area contributed by atoms with Gasteiger partial charge < -0.3 is 26.5 Å². The van der Waals surface area contributed by atoms with Gasteiger partial charge in [-0.2, -0.15) is 0 Å². The Morgan fingerprint density at radius 2 is 1.30 bits per heavy atom. The summed E-state index contributed by atoms with van der Waals surface area (Å²) >= 11 is 0. The number of pyridine rings is 1. The van der Waals surface area contributed by atoms with Crippen molar-refractivity contribution in [2.75, 3.05) is 18.8 Å². The second-order valence-corrected chi connectivity index (χ2v) is 12.6. The molecule has 0 unspecified atom stereocenters. The predicted molar refractivity (Wildman–Crippen MR) is 283 cm³/mol. The van der Waals surface area contributed by atoms with Gasteiger partial charge in [0.25, 0.3) is 0 Å². The topological polar surface area (TPSA) is 208 Å². The number of nitrogens with zero attached hydrogens (tertiary/aromatic N) is 5. The van der Waals surface area contributed by atoms with E-state index < -0.39 is 11.1 Å². The number of rotatable bonds is 10. The van der Waals surface area contributed by atoms with Gasteiger partial charge >= 0.3 is 0 Å². The number of carbonyl (C=O) groups is 2. The number of piperidine rings is 1. The molecule has 1 saturated heterocycles. The van der Waals surface area contributed by atoms with Crippen molar-refractivity contribution >= 4 is 28.3 Å². The van der Waals surface area contributed by atoms with Crippen molar-refractivity contribution in [1.82, 2.24) is 15.4 Å². The molecule has 1 aliphatic heterocycles. The lowest BCUT2D eigenvalue weighted by molar-refractivity contribution is -0.546. The molecular formula is C53H65N9O4. The number of nitrogens with one attached hydrogen (secondary N) is 1. The first-order chi connectivity index (χ1) is 32.2. The Bertz CT molecular complexity index is 3030. The minimum atomic E-state index is -0.879. The minimum absolute atomic E-state index is 0. The zero-order chi connectivity index (χ0) is 47.9. The molecule has 1 aromatic heterocycles. The third-order valence-electron chi connectivity index (χ3n) is 8.25. The zero-order valence-electron chi connectivity index (χ0n) is 35.3. The highest BCUT2D eigenvalue weighted by Gasteiger charge is 2.30. The molecule has 1 fully saturated rings. The van der Waals surface area contributed by atoms with E-state index in [2.05, 4.69) is 169 Å². The van der Waals surface area contributed by atoms with E-state index in [1.54, 1.807) is 11.1 Å². The standard InChI is InChI=1S/C27H32N4O2.C26H2.H3N5O2.14H2/c28-24(12-9-19-5-2-1-3-6-19)27(33)31-16-4-7-22(18-31)25(32)13-10-20-8-11-23-21(17-20)14-15-30-26(23)29;1-3-5-7-9-11-13-15-17-19-21-23-25-26-24-22-20-18-16-14-12-10-8-6-4-2;1-2-3-4-5(6)7;;;;;;;;;;;;;;/h1-3,5-6,8,11,14-15,17,22,24H,4,7,9-10,12-13,16,18,28H2,(H2,29,30);1-2H;(H2,1,3)(H,2,4);14*1H/t22-,24-;;;;;;;;;;;;;;;;/m1................/s1. The molecule has 2 heterocycles. The fourth-order valence-corrected chi connectivity index (χ4v) is 5.40. The Labute approximate surface area is 406 Å². The Balaban J connectivity index is -0.0000000799. The van der Waals surface area contributed by atoms with Crippen LogP contribution in [0.15, 0.2) is 71.2 Å². The van der Waals surface area contributed by atoms with Crippen LogP contribution in [0.1, 0.15) is 56.8 Å². The number of Topliss-reactive ketones (excluding diaryl/α,β-unsaturated/α-hetero) is 1. The van der Waals surface area contributed by atoms with Crippen LogP contribution in [-0.4, -0.2) is 45.7 Å². The number of nitro groups is 1. The van der Waals surface area contributed by atoms with Gasteiger partial charge in [-0.3, -0.25) is 15.4 Å². The molecule has 7 N–H and O–H groups in total. The van der Waals surface area contributed by atoms with Gasteiger partial charge in [0, 0.05) is 110 Å². The normalized spacial score (nSPS) is 11.0. The van der Waals surface area contributed by atoms with Crippen molar-refractivity contribution in [3.8, 4) is 155 Å². The monoisotopic (exact) mass is 892 g/mol. The molecule has 0 bridgehead atoms. The van der Waals surface area contributed by atoms with Crippen LogP contribution >= 0.6 is 0 Å². The van der Waals surface area contributed by atoms with Crippen molar-refractivity contribution < 1.29 is 34.6 Å². The van der Waals surface area contributed by atoms with Gasteiger partial charge in [0.05, 0.1) is 16.3 Å². The summed E-state index contributed by atoms with van der Waals surface area (Å²) in [4.78, 5) is 41.0. The predicted octanol–water partition coefficient (Wildman–Crippen LogP) is 6.26. The second-order valence-electron chi connectivity index (χ2n) is 12.6. The average Bonchev–Trinajstić information content (AvgIpc) is 3.34. The van der Waals surface area contributed by atoms with Gasteiger partial charge in [-0.1, -0.05) is 48.5 Å². The van der Waals surface area contributed by atoms with Gasteiger partial charge in [0.15, 0.2) is 5.22 Å². The summed E-state index contributed by atoms with van der Waals surface area (Å²) < 4.78 is 0. The van der Waals surface area contributed by atoms with Crippen LogP contribution in [0.5, 0.6) is 0 Å². The van der Waals surface area contributed by atoms with Crippen molar-refractivity contribution in [2.24, 2.45) is 27.9 Å². The molecule has 1 aliphatic rings. The summed E-state index contributed by atoms with van der Waals surface area (Å²) in [5.74, 6) is 63.1. The largest absolute Gasteiger partial charge is 0.383 e. The molecule has 0 aliphatic carbocycles. The molecule has 13 heteroatoms. The van der Waals surface area contributed by atoms with E-state index in [0.29, 0.717) is 38.2 Å². The fraction of sp³-hybridized carbons (Fsp3) is 0.189. The van der Waals surface area contributed by atoms with Gasteiger partial charge in [0.1, 0.15) is 11.6 Å². The number of likely N-dealkylation sites (tertiary alicyclic amines) is 1. The number of hydrogen-bond donors (Lipinski definition) is 4. The number of amides is 1. The molecule has 4 rings (SSSR count). The number of benzene rings is 2. The lowest BCUT2D eigenvalue weighted by atomic mass is 9.90. The highest BCUT2D eigenvalue weighted by atomic mass is 16.7. The lowest BCUT2D eigenvalue weighted by Gasteiger charge is -2.33. The van der Waals surface area contributed by atoms with Gasteiger partial charge in [0.2, 0.25) is 5.91 Å². The van der Waals surface area contributed by atoms with Crippen molar-refractivity contribution in [1.29, 1.82) is 0 Å². The molecule has 2 aromatic carbocycles. The molecule has 0 spiro atoms. The van der Waals surface area contributed by atoms with E-state index in [-0.39, 0.29) is 37.6 Å². The number of hydrogen-bond acceptors (Lipinski definition) is 9. The zero-order valence-corrected chi connectivity index (χ0v) is 35.3. The minimum Gasteiger partial charge on any atom is -0.383 e. The number of carbonyl (C=O) groups excluding carboxylic acids is 2. The Hall–Kier alpha value is -10.4. The number of terminal acetylenes is 2. The van der Waals surface area contributed by atoms with Crippen LogP contribution < -0.4 is 22.8 Å². The first kappa shape index (κ1) is 51.8. The number of hydrazine groups is 1. The van der Waals surface area contributed by atoms with E-state index in [0.717, 1.165) is 35.6 Å². The number of nitrogens with two attached hydrogens (primary N) is 3. The maximum atomic E-state index is 12.9. The van der Waals surface area contributed by atoms with Gasteiger partial charge in [-0.05, 0) is 149 Å². The van der Waals surface area contributed by atoms with Crippen molar-refractivity contribution in [3.05, 3.63) is 82.0 Å². The van der Waals surface area contributed by atoms with Gasteiger partial charge in [-0.25, -0.2) is 4.98 Å². The molecule has 346 valence electrons. The summed E-state index contributed by atoms with van der Waals surface area (Å²) in [6.45, 7) is 1.17. The maximum absolute atomic E-state index is 12.9. The first-order valence-corrected chi connectivity index (χ1v) is 19.3. The SMILES string of the molecule is C#CC#CC#CC#CC#CC#CC#CC#CC#CC#CC#CC#CC#C.NN=NN[N+](=O)[O-].Nc1nccc2cc(CCC(=O)[C@@H]3CCCN(C(=O)[C@H](N)CCc4ccccc4)C3)ccc12.[HH].[HH].[HH].[HH].[HH].[HH].[HH].[HH].[HH].[HH].[HH].[HH].[HH].[HH]. The van der Waals surface area contributed by atoms with E-state index in [1.807, 2.05) is 48.5 Å². The smallest absolute Gasteiger partial charge is 0.239 e. The molecule has 0 saturated carbocycles. The Morgan fingerprint density at radius 3 is 1.77 bits per heavy atom. The highest BCUT2D eigenvalue weighted by Crippen LogP contribution is 2.23. The fourth-order valence-electron chi connectivity index (χ4n) is 5.40. The molecule has 0 radical (unpaired) electrons. The van der Waals surface area contributed by atoms with Crippen LogP contribution in [0.4, 0.5) is 5.82 Å². The molecule has 13 nitrogen and oxygen atoms in total. The van der Waals surface area contributed by atoms with Crippen molar-refractivity contribution in [3.63, 3.8) is 0 Å². The molecular weight excluding hydrogens is 827 g/mol. The lowest BCUT2D eigenvalue weighted by Crippen LogP contribution is -2.49. The highest BCUT2D eigenvalue weighted by molar-refractivity contribution is 5.91. The molecule has 1 amide bonds. The summed E-state index contributed by atoms with van der Waals surface area (Å²) in [6, 6.07) is 17.5. The molecule has 2 atom stereocenters. The second kappa shape index (κ2) is 33.4. The van der Waals surface area contributed by atoms with Crippen molar-refractivity contribution in [2.45, 2.75) is 44.6 Å². The Kier molecular flexibility index (Phi) is 26.2. The van der Waals surface area contributed by atoms with Crippen LogP contribution in [0.2, 0.25) is 0 Å². The quantitative estimate of drug-likeness (QED) is 0.0595.